The Bertz CT molecular complexity index is 587. The molecule has 0 bridgehead atoms. The van der Waals surface area contributed by atoms with E-state index in [1.807, 2.05) is 37.1 Å². The predicted molar refractivity (Wildman–Crippen MR) is 96.3 cm³/mol. The van der Waals surface area contributed by atoms with Crippen molar-refractivity contribution in [1.82, 2.24) is 5.32 Å². The summed E-state index contributed by atoms with van der Waals surface area (Å²) >= 11 is 0. The number of benzene rings is 1. The summed E-state index contributed by atoms with van der Waals surface area (Å²) in [4.78, 5) is 37.6. The third kappa shape index (κ3) is 4.34. The minimum absolute atomic E-state index is 0.226. The molecule has 0 radical (unpaired) electrons. The van der Waals surface area contributed by atoms with Crippen molar-refractivity contribution in [2.24, 2.45) is 0 Å². The minimum Gasteiger partial charge on any atom is -0.361 e. The summed E-state index contributed by atoms with van der Waals surface area (Å²) in [6, 6.07) is 5.31. The molecule has 132 valence electrons. The summed E-state index contributed by atoms with van der Waals surface area (Å²) in [5, 5.41) is 2.24. The fourth-order valence-electron chi connectivity index (χ4n) is 2.83. The zero-order valence-corrected chi connectivity index (χ0v) is 15.1. The van der Waals surface area contributed by atoms with Gasteiger partial charge in [-0.25, -0.2) is 0 Å². The van der Waals surface area contributed by atoms with Crippen molar-refractivity contribution < 1.29 is 14.4 Å². The summed E-state index contributed by atoms with van der Waals surface area (Å²) in [6.45, 7) is 6.10. The lowest BCUT2D eigenvalue weighted by Gasteiger charge is -2.33. The van der Waals surface area contributed by atoms with Crippen molar-refractivity contribution in [3.05, 3.63) is 23.8 Å². The van der Waals surface area contributed by atoms with E-state index in [1.165, 1.54) is 4.90 Å². The summed E-state index contributed by atoms with van der Waals surface area (Å²) in [6.07, 6.45) is 2.57. The Morgan fingerprint density at radius 3 is 2.42 bits per heavy atom. The van der Waals surface area contributed by atoms with Gasteiger partial charge in [0, 0.05) is 14.1 Å². The van der Waals surface area contributed by atoms with Gasteiger partial charge in [0.05, 0.1) is 11.4 Å². The molecule has 0 saturated heterocycles. The van der Waals surface area contributed by atoms with Crippen LogP contribution in [0.2, 0.25) is 0 Å². The van der Waals surface area contributed by atoms with Crippen LogP contribution >= 0.6 is 0 Å². The number of likely N-dealkylation sites (N-methyl/N-ethyl adjacent to an activating group) is 1. The number of carbonyl (C=O) groups is 3. The number of imide groups is 1. The minimum atomic E-state index is -0.485. The van der Waals surface area contributed by atoms with Crippen LogP contribution in [0.25, 0.3) is 0 Å². The highest BCUT2D eigenvalue weighted by Crippen LogP contribution is 2.36. The molecule has 0 aliphatic carbocycles. The maximum atomic E-state index is 12.3. The van der Waals surface area contributed by atoms with Gasteiger partial charge in [-0.05, 0) is 24.0 Å². The molecule has 0 aliphatic heterocycles. The van der Waals surface area contributed by atoms with Gasteiger partial charge in [-0.2, -0.15) is 0 Å². The topological polar surface area (TPSA) is 69.7 Å². The van der Waals surface area contributed by atoms with Crippen molar-refractivity contribution in [1.29, 1.82) is 0 Å². The third-order valence-corrected chi connectivity index (χ3v) is 4.09. The average molecular weight is 333 g/mol. The van der Waals surface area contributed by atoms with Gasteiger partial charge in [0.2, 0.25) is 18.7 Å². The van der Waals surface area contributed by atoms with E-state index in [1.54, 1.807) is 7.05 Å². The van der Waals surface area contributed by atoms with E-state index in [9.17, 15) is 14.4 Å². The van der Waals surface area contributed by atoms with Crippen LogP contribution in [-0.4, -0.2) is 38.9 Å². The van der Waals surface area contributed by atoms with Gasteiger partial charge < -0.3 is 9.80 Å². The van der Waals surface area contributed by atoms with E-state index in [4.69, 9.17) is 0 Å². The number of carbonyl (C=O) groups excluding carboxylic acids is 3. The second kappa shape index (κ2) is 9.05. The Balaban J connectivity index is 3.40. The molecule has 24 heavy (non-hydrogen) atoms. The van der Waals surface area contributed by atoms with Gasteiger partial charge in [0.25, 0.3) is 0 Å². The molecule has 1 unspecified atom stereocenters. The van der Waals surface area contributed by atoms with E-state index in [0.717, 1.165) is 29.8 Å². The molecule has 1 atom stereocenters. The highest BCUT2D eigenvalue weighted by Gasteiger charge is 2.26. The summed E-state index contributed by atoms with van der Waals surface area (Å²) in [5.41, 5.74) is 2.60. The van der Waals surface area contributed by atoms with Gasteiger partial charge in [-0.1, -0.05) is 39.3 Å². The zero-order valence-electron chi connectivity index (χ0n) is 15.1. The molecular weight excluding hydrogens is 306 g/mol. The van der Waals surface area contributed by atoms with Gasteiger partial charge >= 0.3 is 0 Å². The SMILES string of the molecule is CCCC(C(=O)NC=O)N(C)c1cccc(C(C)C)c1N(C)C=O. The number of hydrogen-bond acceptors (Lipinski definition) is 4. The molecule has 3 amide bonds. The first-order valence-corrected chi connectivity index (χ1v) is 8.16. The molecule has 0 heterocycles. The zero-order chi connectivity index (χ0) is 18.3. The van der Waals surface area contributed by atoms with Crippen molar-refractivity contribution in [2.45, 2.75) is 45.6 Å². The second-order valence-corrected chi connectivity index (χ2v) is 6.13. The highest BCUT2D eigenvalue weighted by molar-refractivity contribution is 5.94. The van der Waals surface area contributed by atoms with Crippen LogP contribution in [0, 0.1) is 0 Å². The smallest absolute Gasteiger partial charge is 0.249 e. The lowest BCUT2D eigenvalue weighted by Crippen LogP contribution is -2.45. The number of nitrogens with zero attached hydrogens (tertiary/aromatic N) is 2. The van der Waals surface area contributed by atoms with Gasteiger partial charge in [-0.15, -0.1) is 0 Å². The lowest BCUT2D eigenvalue weighted by atomic mass is 9.98. The largest absolute Gasteiger partial charge is 0.361 e. The number of rotatable bonds is 9. The van der Waals surface area contributed by atoms with E-state index in [0.29, 0.717) is 12.8 Å². The first-order valence-electron chi connectivity index (χ1n) is 8.16. The molecule has 1 aromatic rings. The standard InChI is InChI=1S/C18H27N3O3/c1-6-8-16(18(24)19-11-22)21(5)15-10-7-9-14(13(2)3)17(15)20(4)12-23/h7,9-13,16H,6,8H2,1-5H3,(H,19,22,24). The van der Waals surface area contributed by atoms with Crippen LogP contribution < -0.4 is 15.1 Å². The Labute approximate surface area is 143 Å². The first-order chi connectivity index (χ1) is 11.4. The molecule has 0 aliphatic rings. The normalized spacial score (nSPS) is 11.8. The highest BCUT2D eigenvalue weighted by atomic mass is 16.2. The Morgan fingerprint density at radius 1 is 1.25 bits per heavy atom. The quantitative estimate of drug-likeness (QED) is 0.704. The molecule has 0 aromatic heterocycles. The van der Waals surface area contributed by atoms with Crippen LogP contribution in [0.1, 0.15) is 45.1 Å². The van der Waals surface area contributed by atoms with Gasteiger partial charge in [0.15, 0.2) is 0 Å². The maximum absolute atomic E-state index is 12.3. The van der Waals surface area contributed by atoms with E-state index in [-0.39, 0.29) is 11.8 Å². The number of nitrogens with one attached hydrogen (secondary N) is 1. The lowest BCUT2D eigenvalue weighted by molar-refractivity contribution is -0.126. The second-order valence-electron chi connectivity index (χ2n) is 6.13. The Hall–Kier alpha value is -2.37. The fourth-order valence-corrected chi connectivity index (χ4v) is 2.83. The molecular formula is C18H27N3O3. The number of hydrogen-bond donors (Lipinski definition) is 1. The molecule has 0 saturated carbocycles. The van der Waals surface area contributed by atoms with E-state index in [2.05, 4.69) is 19.2 Å². The molecule has 0 fully saturated rings. The molecule has 1 rings (SSSR count). The van der Waals surface area contributed by atoms with Crippen molar-refractivity contribution in [2.75, 3.05) is 23.9 Å². The van der Waals surface area contributed by atoms with Crippen LogP contribution in [0.5, 0.6) is 0 Å². The number of para-hydroxylation sites is 1. The van der Waals surface area contributed by atoms with Crippen molar-refractivity contribution in [3.63, 3.8) is 0 Å². The Morgan fingerprint density at radius 2 is 1.92 bits per heavy atom. The first kappa shape index (κ1) is 19.7. The van der Waals surface area contributed by atoms with E-state index < -0.39 is 6.04 Å². The monoisotopic (exact) mass is 333 g/mol. The molecule has 6 heteroatoms. The summed E-state index contributed by atoms with van der Waals surface area (Å²) in [5.74, 6) is -0.117. The molecule has 1 N–H and O–H groups in total. The van der Waals surface area contributed by atoms with Gasteiger partial charge in [0.1, 0.15) is 6.04 Å². The fraction of sp³-hybridized carbons (Fsp3) is 0.500. The van der Waals surface area contributed by atoms with Crippen molar-refractivity contribution in [3.8, 4) is 0 Å². The van der Waals surface area contributed by atoms with Gasteiger partial charge in [-0.3, -0.25) is 19.7 Å². The number of amides is 3. The Kier molecular flexibility index (Phi) is 7.42. The third-order valence-electron chi connectivity index (χ3n) is 4.09. The number of anilines is 2. The van der Waals surface area contributed by atoms with E-state index >= 15 is 0 Å². The molecule has 0 spiro atoms. The molecule has 6 nitrogen and oxygen atoms in total. The molecule has 1 aromatic carbocycles. The van der Waals surface area contributed by atoms with Crippen LogP contribution in [0.3, 0.4) is 0 Å². The van der Waals surface area contributed by atoms with Crippen LogP contribution in [0.4, 0.5) is 11.4 Å². The summed E-state index contributed by atoms with van der Waals surface area (Å²) < 4.78 is 0. The maximum Gasteiger partial charge on any atom is 0.249 e. The van der Waals surface area contributed by atoms with Crippen LogP contribution in [0.15, 0.2) is 18.2 Å². The van der Waals surface area contributed by atoms with Crippen molar-refractivity contribution >= 4 is 30.1 Å². The summed E-state index contributed by atoms with van der Waals surface area (Å²) in [7, 11) is 3.51. The predicted octanol–water partition coefficient (Wildman–Crippen LogP) is 2.28. The van der Waals surface area contributed by atoms with Crippen LogP contribution in [-0.2, 0) is 14.4 Å². The average Bonchev–Trinajstić information content (AvgIpc) is 2.57.